The van der Waals surface area contributed by atoms with Crippen LogP contribution in [0.25, 0.3) is 11.3 Å². The van der Waals surface area contributed by atoms with Crippen LogP contribution in [0, 0.1) is 0 Å². The third-order valence-electron chi connectivity index (χ3n) is 3.04. The van der Waals surface area contributed by atoms with E-state index in [1.165, 1.54) is 11.5 Å². The second kappa shape index (κ2) is 4.89. The van der Waals surface area contributed by atoms with Gasteiger partial charge in [-0.2, -0.15) is 0 Å². The first-order valence-electron chi connectivity index (χ1n) is 5.94. The zero-order chi connectivity index (χ0) is 13.2. The number of amides is 1. The molecule has 2 aromatic rings. The number of rotatable bonds is 3. The number of carbonyl (C=O) groups excluding carboxylic acids is 2. The van der Waals surface area contributed by atoms with Crippen molar-refractivity contribution in [2.75, 3.05) is 6.61 Å². The molecule has 3 rings (SSSR count). The van der Waals surface area contributed by atoms with Crippen LogP contribution >= 0.6 is 11.5 Å². The Morgan fingerprint density at radius 2 is 2.11 bits per heavy atom. The fraction of sp³-hybridized carbons (Fsp3) is 0.231. The summed E-state index contributed by atoms with van der Waals surface area (Å²) in [4.78, 5) is 23.2. The van der Waals surface area contributed by atoms with E-state index in [9.17, 15) is 9.59 Å². The van der Waals surface area contributed by atoms with Crippen LogP contribution in [0.3, 0.4) is 0 Å². The van der Waals surface area contributed by atoms with Gasteiger partial charge >= 0.3 is 5.97 Å². The van der Waals surface area contributed by atoms with Crippen molar-refractivity contribution < 1.29 is 14.3 Å². The molecule has 2 heterocycles. The molecule has 1 aromatic heterocycles. The van der Waals surface area contributed by atoms with Crippen molar-refractivity contribution in [2.45, 2.75) is 12.5 Å². The summed E-state index contributed by atoms with van der Waals surface area (Å²) in [6.45, 7) is 0.375. The van der Waals surface area contributed by atoms with Crippen LogP contribution in [0.4, 0.5) is 0 Å². The highest BCUT2D eigenvalue weighted by Gasteiger charge is 2.28. The Kier molecular flexibility index (Phi) is 3.08. The number of esters is 1. The fourth-order valence-electron chi connectivity index (χ4n) is 1.91. The van der Waals surface area contributed by atoms with Gasteiger partial charge in [0.05, 0.1) is 12.3 Å². The smallest absolute Gasteiger partial charge is 0.328 e. The lowest BCUT2D eigenvalue weighted by Gasteiger charge is -2.09. The van der Waals surface area contributed by atoms with Gasteiger partial charge < -0.3 is 14.4 Å². The summed E-state index contributed by atoms with van der Waals surface area (Å²) in [5.74, 6) is -0.605. The van der Waals surface area contributed by atoms with Gasteiger partial charge in [-0.3, -0.25) is 4.79 Å². The first kappa shape index (κ1) is 12.0. The summed E-state index contributed by atoms with van der Waals surface area (Å²) in [6.07, 6.45) is 0.538. The van der Waals surface area contributed by atoms with Gasteiger partial charge in [-0.05, 0) is 17.7 Å². The van der Waals surface area contributed by atoms with E-state index >= 15 is 0 Å². The van der Waals surface area contributed by atoms with Crippen molar-refractivity contribution in [3.63, 3.8) is 0 Å². The Labute approximate surface area is 113 Å². The van der Waals surface area contributed by atoms with Crippen molar-refractivity contribution in [3.05, 3.63) is 35.2 Å². The molecule has 1 amide bonds. The van der Waals surface area contributed by atoms with E-state index in [-0.39, 0.29) is 11.9 Å². The molecule has 19 heavy (non-hydrogen) atoms. The molecule has 1 fully saturated rings. The molecule has 6 heteroatoms. The Balaban J connectivity index is 1.69. The van der Waals surface area contributed by atoms with Gasteiger partial charge in [0.1, 0.15) is 6.04 Å². The average Bonchev–Trinajstić information content (AvgIpc) is 2.74. The topological polar surface area (TPSA) is 71.2 Å². The Bertz CT molecular complexity index is 590. The Hall–Kier alpha value is -2.08. The highest BCUT2D eigenvalue weighted by Crippen LogP contribution is 2.21. The van der Waals surface area contributed by atoms with Crippen LogP contribution in [0.2, 0.25) is 0 Å². The van der Waals surface area contributed by atoms with E-state index in [4.69, 9.17) is 4.74 Å². The number of aromatic nitrogens is 1. The van der Waals surface area contributed by atoms with E-state index in [1.54, 1.807) is 12.1 Å². The predicted molar refractivity (Wildman–Crippen MR) is 70.9 cm³/mol. The minimum atomic E-state index is -0.514. The van der Waals surface area contributed by atoms with Crippen LogP contribution in [-0.4, -0.2) is 28.9 Å². The zero-order valence-electron chi connectivity index (χ0n) is 10.0. The number of carbonyl (C=O) groups is 2. The highest BCUT2D eigenvalue weighted by molar-refractivity contribution is 7.05. The lowest BCUT2D eigenvalue weighted by Crippen LogP contribution is -2.37. The molecule has 0 saturated carbocycles. The van der Waals surface area contributed by atoms with E-state index in [2.05, 4.69) is 9.69 Å². The molecular weight excluding hydrogens is 264 g/mol. The molecule has 1 unspecified atom stereocenters. The molecule has 2 N–H and O–H groups in total. The van der Waals surface area contributed by atoms with Gasteiger partial charge in [-0.1, -0.05) is 23.7 Å². The van der Waals surface area contributed by atoms with Gasteiger partial charge in [0.15, 0.2) is 0 Å². The van der Waals surface area contributed by atoms with Crippen molar-refractivity contribution in [2.24, 2.45) is 0 Å². The lowest BCUT2D eigenvalue weighted by atomic mass is 10.1. The molecule has 0 radical (unpaired) electrons. The molecular formula is C13H12N2O3S. The summed E-state index contributed by atoms with van der Waals surface area (Å²) < 4.78 is 7.89. The van der Waals surface area contributed by atoms with Crippen LogP contribution in [0.5, 0.6) is 0 Å². The maximum Gasteiger partial charge on any atom is 0.328 e. The number of aromatic amines is 1. The van der Waals surface area contributed by atoms with Crippen LogP contribution in [0.1, 0.15) is 16.8 Å². The van der Waals surface area contributed by atoms with E-state index < -0.39 is 6.04 Å². The minimum Gasteiger partial charge on any atom is -0.464 e. The van der Waals surface area contributed by atoms with Gasteiger partial charge in [-0.25, -0.2) is 4.79 Å². The maximum atomic E-state index is 12.0. The lowest BCUT2D eigenvalue weighted by molar-refractivity contribution is -0.139. The van der Waals surface area contributed by atoms with Gasteiger partial charge in [0.25, 0.3) is 5.91 Å². The normalized spacial score (nSPS) is 18.3. The predicted octanol–water partition coefficient (Wildman–Crippen LogP) is 1.79. The highest BCUT2D eigenvalue weighted by atomic mass is 32.1. The molecule has 1 atom stereocenters. The van der Waals surface area contributed by atoms with Crippen molar-refractivity contribution in [1.29, 1.82) is 0 Å². The third kappa shape index (κ3) is 2.39. The zero-order valence-corrected chi connectivity index (χ0v) is 10.8. The number of benzene rings is 1. The van der Waals surface area contributed by atoms with Crippen LogP contribution in [-0.2, 0) is 9.53 Å². The second-order valence-corrected chi connectivity index (χ2v) is 4.99. The molecule has 0 aliphatic carbocycles. The van der Waals surface area contributed by atoms with Crippen molar-refractivity contribution in [3.8, 4) is 11.3 Å². The number of ether oxygens (including phenoxy) is 1. The monoisotopic (exact) mass is 276 g/mol. The molecule has 0 spiro atoms. The summed E-state index contributed by atoms with van der Waals surface area (Å²) in [5, 5.41) is 4.68. The SMILES string of the molecule is O=C(NC1CCOC1=O)c1ccc(-c2cs[nH]2)cc1. The van der Waals surface area contributed by atoms with Crippen molar-refractivity contribution in [1.82, 2.24) is 9.69 Å². The number of H-pyrrole nitrogens is 1. The summed E-state index contributed by atoms with van der Waals surface area (Å²) in [6, 6.07) is 6.73. The van der Waals surface area contributed by atoms with Crippen LogP contribution in [0.15, 0.2) is 29.6 Å². The number of nitrogens with one attached hydrogen (secondary N) is 2. The third-order valence-corrected chi connectivity index (χ3v) is 3.74. The van der Waals surface area contributed by atoms with E-state index in [0.29, 0.717) is 18.6 Å². The quantitative estimate of drug-likeness (QED) is 0.840. The van der Waals surface area contributed by atoms with Gasteiger partial charge in [-0.15, -0.1) is 0 Å². The van der Waals surface area contributed by atoms with Crippen LogP contribution < -0.4 is 5.32 Å². The summed E-state index contributed by atoms with van der Waals surface area (Å²) in [7, 11) is 0. The first-order chi connectivity index (χ1) is 9.24. The molecule has 1 aliphatic heterocycles. The number of hydrogen-bond acceptors (Lipinski definition) is 4. The first-order valence-corrected chi connectivity index (χ1v) is 6.82. The fourth-order valence-corrected chi connectivity index (χ4v) is 2.40. The number of hydrogen-bond donors (Lipinski definition) is 2. The molecule has 1 aromatic carbocycles. The molecule has 1 aliphatic rings. The Morgan fingerprint density at radius 1 is 1.37 bits per heavy atom. The largest absolute Gasteiger partial charge is 0.464 e. The van der Waals surface area contributed by atoms with E-state index in [1.807, 2.05) is 17.5 Å². The van der Waals surface area contributed by atoms with Gasteiger partial charge in [0, 0.05) is 17.4 Å². The van der Waals surface area contributed by atoms with E-state index in [0.717, 1.165) is 11.3 Å². The summed E-state index contributed by atoms with van der Waals surface area (Å²) in [5.41, 5.74) is 2.63. The standard InChI is InChI=1S/C13H12N2O3S/c16-12(14-10-5-6-18-13(10)17)9-3-1-8(2-4-9)11-7-19-15-11/h1-4,7,10,15H,5-6H2,(H,14,16). The molecule has 0 bridgehead atoms. The minimum absolute atomic E-state index is 0.250. The second-order valence-electron chi connectivity index (χ2n) is 4.31. The maximum absolute atomic E-state index is 12.0. The van der Waals surface area contributed by atoms with Gasteiger partial charge in [0.2, 0.25) is 0 Å². The van der Waals surface area contributed by atoms with Crippen molar-refractivity contribution >= 4 is 23.4 Å². The summed E-state index contributed by atoms with van der Waals surface area (Å²) >= 11 is 1.53. The average molecular weight is 276 g/mol. The Morgan fingerprint density at radius 3 is 2.63 bits per heavy atom. The molecule has 5 nitrogen and oxygen atoms in total. The molecule has 1 saturated heterocycles. The number of cyclic esters (lactones) is 1. The molecule has 98 valence electrons.